The van der Waals surface area contributed by atoms with Crippen LogP contribution in [0.2, 0.25) is 0 Å². The molecule has 1 aromatic rings. The Labute approximate surface area is 103 Å². The van der Waals surface area contributed by atoms with Crippen molar-refractivity contribution in [2.24, 2.45) is 0 Å². The van der Waals surface area contributed by atoms with E-state index in [0.29, 0.717) is 24.3 Å². The van der Waals surface area contributed by atoms with Gasteiger partial charge in [-0.1, -0.05) is 0 Å². The van der Waals surface area contributed by atoms with Crippen LogP contribution >= 0.6 is 24.0 Å². The summed E-state index contributed by atoms with van der Waals surface area (Å²) in [4.78, 5) is 24.1. The van der Waals surface area contributed by atoms with Gasteiger partial charge in [0.15, 0.2) is 0 Å². The predicted molar refractivity (Wildman–Crippen MR) is 65.1 cm³/mol. The highest BCUT2D eigenvalue weighted by molar-refractivity contribution is 7.80. The van der Waals surface area contributed by atoms with Gasteiger partial charge in [0.05, 0.1) is 4.88 Å². The van der Waals surface area contributed by atoms with Crippen molar-refractivity contribution in [1.29, 1.82) is 0 Å². The van der Waals surface area contributed by atoms with Gasteiger partial charge in [-0.05, 0) is 12.5 Å². The Balaban J connectivity index is 1.90. The summed E-state index contributed by atoms with van der Waals surface area (Å²) in [6.45, 7) is 0.518. The topological polar surface area (TPSA) is 58.2 Å². The van der Waals surface area contributed by atoms with E-state index in [0.717, 1.165) is 4.90 Å². The van der Waals surface area contributed by atoms with E-state index < -0.39 is 0 Å². The zero-order valence-corrected chi connectivity index (χ0v) is 10.2. The van der Waals surface area contributed by atoms with Crippen molar-refractivity contribution >= 4 is 35.8 Å². The van der Waals surface area contributed by atoms with Gasteiger partial charge in [0, 0.05) is 29.3 Å². The molecule has 1 aliphatic heterocycles. The molecular weight excluding hydrogens is 244 g/mol. The van der Waals surface area contributed by atoms with Gasteiger partial charge in [0.2, 0.25) is 5.91 Å². The second-order valence-electron chi connectivity index (χ2n) is 3.68. The molecule has 86 valence electrons. The van der Waals surface area contributed by atoms with Crippen LogP contribution in [0.15, 0.2) is 16.3 Å². The van der Waals surface area contributed by atoms with Crippen molar-refractivity contribution in [3.05, 3.63) is 16.3 Å². The van der Waals surface area contributed by atoms with Crippen molar-refractivity contribution in [2.75, 3.05) is 6.54 Å². The van der Waals surface area contributed by atoms with Gasteiger partial charge in [-0.3, -0.25) is 9.59 Å². The number of carbonyl (C=O) groups is 2. The molecule has 1 atom stereocenters. The standard InChI is InChI=1S/C10H12N2O2S2/c13-9-2-1-6(4-11-9)12-10(14)8-3-7(15)5-16-8/h3,5-6,15H,1-2,4H2,(H,11,13)(H,12,14). The fourth-order valence-corrected chi connectivity index (χ4v) is 2.61. The van der Waals surface area contributed by atoms with E-state index in [-0.39, 0.29) is 17.9 Å². The van der Waals surface area contributed by atoms with Crippen LogP contribution in [0.3, 0.4) is 0 Å². The minimum absolute atomic E-state index is 0.0377. The number of thiophene rings is 1. The minimum Gasteiger partial charge on any atom is -0.354 e. The van der Waals surface area contributed by atoms with Crippen LogP contribution in [0.5, 0.6) is 0 Å². The normalized spacial score (nSPS) is 20.3. The van der Waals surface area contributed by atoms with E-state index in [2.05, 4.69) is 23.3 Å². The molecule has 2 amide bonds. The number of rotatable bonds is 2. The lowest BCUT2D eigenvalue weighted by Gasteiger charge is -2.23. The first-order valence-corrected chi connectivity index (χ1v) is 6.33. The lowest BCUT2D eigenvalue weighted by molar-refractivity contribution is -0.122. The number of piperidine rings is 1. The number of hydrogen-bond acceptors (Lipinski definition) is 4. The van der Waals surface area contributed by atoms with Crippen LogP contribution in [0.25, 0.3) is 0 Å². The first-order chi connectivity index (χ1) is 7.65. The van der Waals surface area contributed by atoms with E-state index in [1.807, 2.05) is 5.38 Å². The second-order valence-corrected chi connectivity index (χ2v) is 5.11. The molecule has 0 saturated carbocycles. The molecule has 1 aliphatic rings. The summed E-state index contributed by atoms with van der Waals surface area (Å²) in [6.07, 6.45) is 1.18. The van der Waals surface area contributed by atoms with Gasteiger partial charge in [-0.2, -0.15) is 0 Å². The molecule has 0 aromatic carbocycles. The minimum atomic E-state index is -0.0913. The quantitative estimate of drug-likeness (QED) is 0.693. The van der Waals surface area contributed by atoms with Gasteiger partial charge in [-0.15, -0.1) is 24.0 Å². The van der Waals surface area contributed by atoms with Gasteiger partial charge in [0.25, 0.3) is 5.91 Å². The van der Waals surface area contributed by atoms with Crippen LogP contribution < -0.4 is 10.6 Å². The second kappa shape index (κ2) is 4.88. The molecule has 4 nitrogen and oxygen atoms in total. The number of hydrogen-bond donors (Lipinski definition) is 3. The summed E-state index contributed by atoms with van der Waals surface area (Å²) in [5.41, 5.74) is 0. The lowest BCUT2D eigenvalue weighted by Crippen LogP contribution is -2.47. The van der Waals surface area contributed by atoms with Crippen LogP contribution in [-0.2, 0) is 4.79 Å². The Hall–Kier alpha value is -1.01. The molecule has 0 radical (unpaired) electrons. The molecule has 16 heavy (non-hydrogen) atoms. The summed E-state index contributed by atoms with van der Waals surface area (Å²) in [7, 11) is 0. The highest BCUT2D eigenvalue weighted by Crippen LogP contribution is 2.17. The first-order valence-electron chi connectivity index (χ1n) is 5.00. The molecule has 0 aliphatic carbocycles. The van der Waals surface area contributed by atoms with Crippen LogP contribution in [0.1, 0.15) is 22.5 Å². The summed E-state index contributed by atoms with van der Waals surface area (Å²) in [5, 5.41) is 7.44. The summed E-state index contributed by atoms with van der Waals surface area (Å²) in [5.74, 6) is -0.0364. The average molecular weight is 256 g/mol. The highest BCUT2D eigenvalue weighted by Gasteiger charge is 2.20. The molecule has 0 bridgehead atoms. The maximum Gasteiger partial charge on any atom is 0.261 e. The number of nitrogens with one attached hydrogen (secondary N) is 2. The maximum absolute atomic E-state index is 11.8. The Bertz CT molecular complexity index is 407. The SMILES string of the molecule is O=C1CCC(NC(=O)c2cc(S)cs2)CN1. The van der Waals surface area contributed by atoms with E-state index in [9.17, 15) is 9.59 Å². The zero-order valence-electron chi connectivity index (χ0n) is 8.53. The van der Waals surface area contributed by atoms with Crippen molar-refractivity contribution in [1.82, 2.24) is 10.6 Å². The third-order valence-corrected chi connectivity index (χ3v) is 3.77. The van der Waals surface area contributed by atoms with Crippen LogP contribution in [0.4, 0.5) is 0 Å². The average Bonchev–Trinajstić information content (AvgIpc) is 2.68. The first kappa shape index (κ1) is 11.5. The largest absolute Gasteiger partial charge is 0.354 e. The molecule has 2 rings (SSSR count). The Morgan fingerprint density at radius 1 is 1.62 bits per heavy atom. The molecule has 2 heterocycles. The molecule has 6 heteroatoms. The van der Waals surface area contributed by atoms with Crippen molar-refractivity contribution < 1.29 is 9.59 Å². The van der Waals surface area contributed by atoms with E-state index >= 15 is 0 Å². The van der Waals surface area contributed by atoms with E-state index in [4.69, 9.17) is 0 Å². The van der Waals surface area contributed by atoms with Crippen LogP contribution in [0, 0.1) is 0 Å². The van der Waals surface area contributed by atoms with Gasteiger partial charge < -0.3 is 10.6 Å². The molecule has 1 aromatic heterocycles. The number of amides is 2. The smallest absolute Gasteiger partial charge is 0.261 e. The van der Waals surface area contributed by atoms with Gasteiger partial charge >= 0.3 is 0 Å². The Kier molecular flexibility index (Phi) is 3.50. The molecule has 1 saturated heterocycles. The predicted octanol–water partition coefficient (Wildman–Crippen LogP) is 1.05. The van der Waals surface area contributed by atoms with E-state index in [1.165, 1.54) is 11.3 Å². The zero-order chi connectivity index (χ0) is 11.5. The van der Waals surface area contributed by atoms with Crippen molar-refractivity contribution in [3.63, 3.8) is 0 Å². The highest BCUT2D eigenvalue weighted by atomic mass is 32.1. The summed E-state index contributed by atoms with van der Waals surface area (Å²) >= 11 is 5.52. The van der Waals surface area contributed by atoms with Crippen LogP contribution in [-0.4, -0.2) is 24.4 Å². The van der Waals surface area contributed by atoms with Gasteiger partial charge in [-0.25, -0.2) is 0 Å². The molecular formula is C10H12N2O2S2. The fraction of sp³-hybridized carbons (Fsp3) is 0.400. The number of thiol groups is 1. The van der Waals surface area contributed by atoms with Crippen molar-refractivity contribution in [2.45, 2.75) is 23.8 Å². The monoisotopic (exact) mass is 256 g/mol. The molecule has 1 fully saturated rings. The third-order valence-electron chi connectivity index (χ3n) is 2.41. The fourth-order valence-electron chi connectivity index (χ4n) is 1.56. The Morgan fingerprint density at radius 3 is 3.00 bits per heavy atom. The van der Waals surface area contributed by atoms with Crippen molar-refractivity contribution in [3.8, 4) is 0 Å². The van der Waals surface area contributed by atoms with Gasteiger partial charge in [0.1, 0.15) is 0 Å². The molecule has 2 N–H and O–H groups in total. The molecule has 0 spiro atoms. The summed E-state index contributed by atoms with van der Waals surface area (Å²) < 4.78 is 0. The maximum atomic E-state index is 11.8. The Morgan fingerprint density at radius 2 is 2.44 bits per heavy atom. The third kappa shape index (κ3) is 2.76. The lowest BCUT2D eigenvalue weighted by atomic mass is 10.1. The summed E-state index contributed by atoms with van der Waals surface area (Å²) in [6, 6.07) is 1.78. The van der Waals surface area contributed by atoms with E-state index in [1.54, 1.807) is 6.07 Å². The number of carbonyl (C=O) groups excluding carboxylic acids is 2. The molecule has 1 unspecified atom stereocenters.